The number of aromatic nitrogens is 2. The predicted octanol–water partition coefficient (Wildman–Crippen LogP) is 2.14. The number of rotatable bonds is 5. The molecule has 3 rings (SSSR count). The summed E-state index contributed by atoms with van der Waals surface area (Å²) in [5, 5.41) is 5.37. The first-order chi connectivity index (χ1) is 12.2. The summed E-state index contributed by atoms with van der Waals surface area (Å²) in [5.74, 6) is 0.835. The SMILES string of the molecule is CCNC(=NCc1cn2ccsc2n1)N1CCC(C(=O)OCC)CC1. The van der Waals surface area contributed by atoms with Gasteiger partial charge in [-0.2, -0.15) is 0 Å². The molecule has 0 atom stereocenters. The Morgan fingerprint density at radius 2 is 2.24 bits per heavy atom. The number of nitrogens with zero attached hydrogens (tertiary/aromatic N) is 4. The Bertz CT molecular complexity index is 702. The molecule has 136 valence electrons. The maximum absolute atomic E-state index is 11.9. The molecule has 1 saturated heterocycles. The Morgan fingerprint density at radius 3 is 2.92 bits per heavy atom. The van der Waals surface area contributed by atoms with Gasteiger partial charge in [0, 0.05) is 37.4 Å². The molecule has 0 radical (unpaired) electrons. The van der Waals surface area contributed by atoms with Crippen LogP contribution in [0.4, 0.5) is 0 Å². The van der Waals surface area contributed by atoms with Crippen LogP contribution >= 0.6 is 11.3 Å². The van der Waals surface area contributed by atoms with Crippen molar-refractivity contribution in [1.29, 1.82) is 0 Å². The van der Waals surface area contributed by atoms with Crippen LogP contribution in [0, 0.1) is 5.92 Å². The van der Waals surface area contributed by atoms with Gasteiger partial charge in [-0.15, -0.1) is 11.3 Å². The van der Waals surface area contributed by atoms with Crippen LogP contribution < -0.4 is 5.32 Å². The summed E-state index contributed by atoms with van der Waals surface area (Å²) in [7, 11) is 0. The minimum Gasteiger partial charge on any atom is -0.466 e. The number of nitrogens with one attached hydrogen (secondary N) is 1. The van der Waals surface area contributed by atoms with Crippen molar-refractivity contribution in [2.75, 3.05) is 26.2 Å². The van der Waals surface area contributed by atoms with Crippen LogP contribution in [0.25, 0.3) is 4.96 Å². The van der Waals surface area contributed by atoms with Crippen LogP contribution in [-0.2, 0) is 16.1 Å². The third-order valence-electron chi connectivity index (χ3n) is 4.28. The number of hydrogen-bond acceptors (Lipinski definition) is 5. The molecule has 25 heavy (non-hydrogen) atoms. The van der Waals surface area contributed by atoms with Gasteiger partial charge < -0.3 is 15.0 Å². The number of carbonyl (C=O) groups is 1. The average molecular weight is 363 g/mol. The molecule has 2 aromatic rings. The van der Waals surface area contributed by atoms with Crippen LogP contribution in [0.5, 0.6) is 0 Å². The highest BCUT2D eigenvalue weighted by Crippen LogP contribution is 2.19. The molecule has 3 heterocycles. The summed E-state index contributed by atoms with van der Waals surface area (Å²) in [6, 6.07) is 0. The quantitative estimate of drug-likeness (QED) is 0.501. The van der Waals surface area contributed by atoms with E-state index in [2.05, 4.69) is 22.1 Å². The van der Waals surface area contributed by atoms with Gasteiger partial charge in [-0.1, -0.05) is 0 Å². The molecule has 0 amide bonds. The molecule has 0 unspecified atom stereocenters. The number of guanidine groups is 1. The third kappa shape index (κ3) is 4.31. The number of aliphatic imine (C=N–C) groups is 1. The third-order valence-corrected chi connectivity index (χ3v) is 5.05. The summed E-state index contributed by atoms with van der Waals surface area (Å²) in [4.78, 5) is 24.4. The van der Waals surface area contributed by atoms with Crippen molar-refractivity contribution in [3.8, 4) is 0 Å². The number of carbonyl (C=O) groups excluding carboxylic acids is 1. The van der Waals surface area contributed by atoms with Gasteiger partial charge in [-0.3, -0.25) is 9.20 Å². The van der Waals surface area contributed by atoms with E-state index in [1.165, 1.54) is 0 Å². The van der Waals surface area contributed by atoms with E-state index in [-0.39, 0.29) is 11.9 Å². The van der Waals surface area contributed by atoms with Crippen molar-refractivity contribution in [1.82, 2.24) is 19.6 Å². The van der Waals surface area contributed by atoms with E-state index in [9.17, 15) is 4.79 Å². The van der Waals surface area contributed by atoms with E-state index in [0.717, 1.165) is 49.1 Å². The van der Waals surface area contributed by atoms with Crippen molar-refractivity contribution < 1.29 is 9.53 Å². The smallest absolute Gasteiger partial charge is 0.309 e. The summed E-state index contributed by atoms with van der Waals surface area (Å²) in [6.45, 7) is 7.35. The number of thiazole rings is 1. The topological polar surface area (TPSA) is 71.2 Å². The summed E-state index contributed by atoms with van der Waals surface area (Å²) in [6.07, 6.45) is 5.64. The number of piperidine rings is 1. The second-order valence-corrected chi connectivity index (χ2v) is 6.88. The van der Waals surface area contributed by atoms with Gasteiger partial charge in [0.2, 0.25) is 0 Å². The Morgan fingerprint density at radius 1 is 1.44 bits per heavy atom. The Labute approximate surface area is 151 Å². The van der Waals surface area contributed by atoms with Gasteiger partial charge in [0.1, 0.15) is 0 Å². The van der Waals surface area contributed by atoms with Crippen LogP contribution in [0.2, 0.25) is 0 Å². The molecule has 1 fully saturated rings. The van der Waals surface area contributed by atoms with E-state index in [1.54, 1.807) is 11.3 Å². The fourth-order valence-corrected chi connectivity index (χ4v) is 3.74. The van der Waals surface area contributed by atoms with Gasteiger partial charge in [0.25, 0.3) is 0 Å². The Hall–Kier alpha value is -2.09. The molecule has 1 aliphatic rings. The highest BCUT2D eigenvalue weighted by Gasteiger charge is 2.27. The first kappa shape index (κ1) is 17.7. The average Bonchev–Trinajstić information content (AvgIpc) is 3.20. The van der Waals surface area contributed by atoms with Gasteiger partial charge in [0.15, 0.2) is 10.9 Å². The summed E-state index contributed by atoms with van der Waals surface area (Å²) in [5.41, 5.74) is 0.962. The summed E-state index contributed by atoms with van der Waals surface area (Å²) >= 11 is 1.62. The number of hydrogen-bond donors (Lipinski definition) is 1. The normalized spacial score (nSPS) is 16.4. The van der Waals surface area contributed by atoms with Crippen LogP contribution in [0.15, 0.2) is 22.8 Å². The maximum Gasteiger partial charge on any atom is 0.309 e. The van der Waals surface area contributed by atoms with Gasteiger partial charge in [-0.25, -0.2) is 9.98 Å². The second kappa shape index (κ2) is 8.33. The lowest BCUT2D eigenvalue weighted by Crippen LogP contribution is -2.46. The number of fused-ring (bicyclic) bond motifs is 1. The number of imidazole rings is 1. The molecule has 0 bridgehead atoms. The van der Waals surface area contributed by atoms with E-state index < -0.39 is 0 Å². The van der Waals surface area contributed by atoms with Crippen molar-refractivity contribution in [2.45, 2.75) is 33.2 Å². The standard InChI is InChI=1S/C17H25N5O2S/c1-3-18-16(19-11-14-12-22-9-10-25-17(22)20-14)21-7-5-13(6-8-21)15(23)24-4-2/h9-10,12-13H,3-8,11H2,1-2H3,(H,18,19). The zero-order valence-electron chi connectivity index (χ0n) is 14.8. The lowest BCUT2D eigenvalue weighted by Gasteiger charge is -2.33. The van der Waals surface area contributed by atoms with Crippen molar-refractivity contribution in [2.24, 2.45) is 10.9 Å². The highest BCUT2D eigenvalue weighted by molar-refractivity contribution is 7.15. The van der Waals surface area contributed by atoms with Gasteiger partial charge in [0.05, 0.1) is 24.8 Å². The van der Waals surface area contributed by atoms with Crippen molar-refractivity contribution >= 4 is 28.2 Å². The monoisotopic (exact) mass is 363 g/mol. The Balaban J connectivity index is 1.60. The molecule has 0 saturated carbocycles. The molecular weight excluding hydrogens is 338 g/mol. The minimum atomic E-state index is -0.0674. The van der Waals surface area contributed by atoms with E-state index in [1.807, 2.05) is 29.1 Å². The second-order valence-electron chi connectivity index (χ2n) is 6.01. The van der Waals surface area contributed by atoms with Crippen molar-refractivity contribution in [3.63, 3.8) is 0 Å². The molecule has 1 aliphatic heterocycles. The largest absolute Gasteiger partial charge is 0.466 e. The zero-order chi connectivity index (χ0) is 17.6. The zero-order valence-corrected chi connectivity index (χ0v) is 15.6. The number of esters is 1. The predicted molar refractivity (Wildman–Crippen MR) is 98.8 cm³/mol. The van der Waals surface area contributed by atoms with Gasteiger partial charge >= 0.3 is 5.97 Å². The van der Waals surface area contributed by atoms with Crippen LogP contribution in [0.3, 0.4) is 0 Å². The lowest BCUT2D eigenvalue weighted by molar-refractivity contribution is -0.149. The lowest BCUT2D eigenvalue weighted by atomic mass is 9.97. The molecule has 0 aromatic carbocycles. The van der Waals surface area contributed by atoms with Crippen LogP contribution in [0.1, 0.15) is 32.4 Å². The highest BCUT2D eigenvalue weighted by atomic mass is 32.1. The Kier molecular flexibility index (Phi) is 5.91. The molecular formula is C17H25N5O2S. The van der Waals surface area contributed by atoms with Gasteiger partial charge in [-0.05, 0) is 26.7 Å². The molecule has 7 nitrogen and oxygen atoms in total. The van der Waals surface area contributed by atoms with E-state index in [0.29, 0.717) is 13.2 Å². The first-order valence-corrected chi connectivity index (χ1v) is 9.70. The molecule has 8 heteroatoms. The number of ether oxygens (including phenoxy) is 1. The molecule has 0 aliphatic carbocycles. The molecule has 0 spiro atoms. The molecule has 2 aromatic heterocycles. The first-order valence-electron chi connectivity index (χ1n) is 8.82. The van der Waals surface area contributed by atoms with Crippen LogP contribution in [-0.4, -0.2) is 52.5 Å². The maximum atomic E-state index is 11.9. The molecule has 1 N–H and O–H groups in total. The van der Waals surface area contributed by atoms with E-state index in [4.69, 9.17) is 9.73 Å². The minimum absolute atomic E-state index is 0.0130. The fraction of sp³-hybridized carbons (Fsp3) is 0.588. The fourth-order valence-electron chi connectivity index (χ4n) is 3.02. The van der Waals surface area contributed by atoms with Crippen molar-refractivity contribution in [3.05, 3.63) is 23.5 Å². The number of likely N-dealkylation sites (tertiary alicyclic amines) is 1. The van der Waals surface area contributed by atoms with E-state index >= 15 is 0 Å². The summed E-state index contributed by atoms with van der Waals surface area (Å²) < 4.78 is 7.16.